The Kier molecular flexibility index (Phi) is 6.69. The second-order valence-corrected chi connectivity index (χ2v) is 4.22. The summed E-state index contributed by atoms with van der Waals surface area (Å²) in [5.41, 5.74) is 2.53. The molecule has 0 bridgehead atoms. The smallest absolute Gasteiger partial charge is 0.190 e. The zero-order valence-corrected chi connectivity index (χ0v) is 13.7. The number of halogens is 1. The first kappa shape index (κ1) is 15.8. The van der Waals surface area contributed by atoms with Crippen LogP contribution in [-0.4, -0.2) is 33.1 Å². The van der Waals surface area contributed by atoms with Gasteiger partial charge in [0, 0.05) is 39.4 Å². The Labute approximate surface area is 132 Å². The maximum Gasteiger partial charge on any atom is 0.190 e. The highest BCUT2D eigenvalue weighted by molar-refractivity contribution is 14.0. The van der Waals surface area contributed by atoms with E-state index in [0.29, 0.717) is 0 Å². The van der Waals surface area contributed by atoms with Crippen molar-refractivity contribution in [2.45, 2.75) is 6.54 Å². The first-order valence-corrected chi connectivity index (χ1v) is 6.21. The van der Waals surface area contributed by atoms with Crippen molar-refractivity contribution in [1.29, 1.82) is 0 Å². The Morgan fingerprint density at radius 3 is 2.37 bits per heavy atom. The summed E-state index contributed by atoms with van der Waals surface area (Å²) >= 11 is 0. The van der Waals surface area contributed by atoms with Gasteiger partial charge >= 0.3 is 0 Å². The highest BCUT2D eigenvalue weighted by Gasteiger charge is 2.06. The Bertz CT molecular complexity index is 431. The monoisotopic (exact) mass is 372 g/mol. The molecule has 1 aromatic carbocycles. The average Bonchev–Trinajstić information content (AvgIpc) is 2.94. The highest BCUT2D eigenvalue weighted by atomic mass is 127. The Hall–Kier alpha value is -1.24. The highest BCUT2D eigenvalue weighted by Crippen LogP contribution is 2.17. The molecule has 0 unspecified atom stereocenters. The van der Waals surface area contributed by atoms with Crippen molar-refractivity contribution in [2.24, 2.45) is 4.99 Å². The normalized spacial score (nSPS) is 14.2. The topological polar surface area (TPSA) is 39.7 Å². The maximum absolute atomic E-state index is 4.08. The average molecular weight is 372 g/mol. The van der Waals surface area contributed by atoms with E-state index in [1.807, 2.05) is 7.05 Å². The Balaban J connectivity index is 0.00000180. The summed E-state index contributed by atoms with van der Waals surface area (Å²) < 4.78 is 0. The minimum absolute atomic E-state index is 0. The Morgan fingerprint density at radius 1 is 1.21 bits per heavy atom. The van der Waals surface area contributed by atoms with Gasteiger partial charge in [-0.2, -0.15) is 0 Å². The van der Waals surface area contributed by atoms with Crippen LogP contribution in [0, 0.1) is 0 Å². The van der Waals surface area contributed by atoms with E-state index in [2.05, 4.69) is 56.9 Å². The summed E-state index contributed by atoms with van der Waals surface area (Å²) in [5.74, 6) is 0.808. The number of anilines is 1. The molecule has 2 N–H and O–H groups in total. The number of rotatable bonds is 3. The maximum atomic E-state index is 4.08. The molecule has 0 spiro atoms. The van der Waals surface area contributed by atoms with Crippen molar-refractivity contribution in [3.8, 4) is 0 Å². The summed E-state index contributed by atoms with van der Waals surface area (Å²) in [6.07, 6.45) is 4.40. The van der Waals surface area contributed by atoms with Gasteiger partial charge < -0.3 is 15.5 Å². The van der Waals surface area contributed by atoms with Crippen LogP contribution in [0.3, 0.4) is 0 Å². The van der Waals surface area contributed by atoms with E-state index in [0.717, 1.165) is 25.6 Å². The van der Waals surface area contributed by atoms with Gasteiger partial charge in [-0.1, -0.05) is 24.3 Å². The fraction of sp³-hybridized carbons (Fsp3) is 0.357. The minimum Gasteiger partial charge on any atom is -0.364 e. The van der Waals surface area contributed by atoms with Crippen LogP contribution in [0.1, 0.15) is 5.56 Å². The van der Waals surface area contributed by atoms with Crippen LogP contribution in [0.15, 0.2) is 41.4 Å². The quantitative estimate of drug-likeness (QED) is 0.369. The van der Waals surface area contributed by atoms with Crippen molar-refractivity contribution >= 4 is 35.6 Å². The molecule has 2 rings (SSSR count). The number of hydrogen-bond donors (Lipinski definition) is 2. The third kappa shape index (κ3) is 4.41. The van der Waals surface area contributed by atoms with Gasteiger partial charge in [-0.05, 0) is 17.7 Å². The van der Waals surface area contributed by atoms with Gasteiger partial charge in [-0.25, -0.2) is 0 Å². The molecule has 104 valence electrons. The number of guanidine groups is 1. The fourth-order valence-electron chi connectivity index (χ4n) is 1.98. The molecule has 0 saturated heterocycles. The Morgan fingerprint density at radius 2 is 1.84 bits per heavy atom. The molecule has 5 heteroatoms. The van der Waals surface area contributed by atoms with E-state index >= 15 is 0 Å². The SMILES string of the molecule is CN=C(NC)NCc1ccc(N2CC=CC2)cc1.I. The van der Waals surface area contributed by atoms with Crippen molar-refractivity contribution in [2.75, 3.05) is 32.1 Å². The summed E-state index contributed by atoms with van der Waals surface area (Å²) in [6, 6.07) is 8.66. The summed E-state index contributed by atoms with van der Waals surface area (Å²) in [6.45, 7) is 2.82. The van der Waals surface area contributed by atoms with Gasteiger partial charge in [0.05, 0.1) is 0 Å². The molecule has 1 heterocycles. The lowest BCUT2D eigenvalue weighted by atomic mass is 10.2. The van der Waals surface area contributed by atoms with Crippen molar-refractivity contribution in [1.82, 2.24) is 10.6 Å². The van der Waals surface area contributed by atoms with E-state index in [1.54, 1.807) is 7.05 Å². The van der Waals surface area contributed by atoms with Crippen LogP contribution in [0.4, 0.5) is 5.69 Å². The predicted octanol–water partition coefficient (Wildman–Crippen LogP) is 1.98. The standard InChI is InChI=1S/C14H20N4.HI/c1-15-14(16-2)17-11-12-5-7-13(8-6-12)18-9-3-4-10-18;/h3-8H,9-11H2,1-2H3,(H2,15,16,17);1H. The number of benzene rings is 1. The lowest BCUT2D eigenvalue weighted by Crippen LogP contribution is -2.34. The van der Waals surface area contributed by atoms with Gasteiger partial charge in [0.25, 0.3) is 0 Å². The number of nitrogens with zero attached hydrogens (tertiary/aromatic N) is 2. The third-order valence-electron chi connectivity index (χ3n) is 3.04. The molecule has 1 aliphatic heterocycles. The zero-order chi connectivity index (χ0) is 12.8. The first-order valence-electron chi connectivity index (χ1n) is 6.21. The molecule has 0 amide bonds. The molecule has 0 fully saturated rings. The van der Waals surface area contributed by atoms with Gasteiger partial charge in [-0.3, -0.25) is 4.99 Å². The van der Waals surface area contributed by atoms with Crippen molar-refractivity contribution < 1.29 is 0 Å². The number of nitrogens with one attached hydrogen (secondary N) is 2. The molecule has 0 radical (unpaired) electrons. The number of aliphatic imine (C=N–C) groups is 1. The van der Waals surface area contributed by atoms with Crippen LogP contribution in [0.25, 0.3) is 0 Å². The minimum atomic E-state index is 0. The van der Waals surface area contributed by atoms with E-state index < -0.39 is 0 Å². The van der Waals surface area contributed by atoms with Crippen molar-refractivity contribution in [3.63, 3.8) is 0 Å². The lowest BCUT2D eigenvalue weighted by molar-refractivity contribution is 0.865. The summed E-state index contributed by atoms with van der Waals surface area (Å²) in [4.78, 5) is 6.42. The van der Waals surface area contributed by atoms with Crippen LogP contribution in [-0.2, 0) is 6.54 Å². The molecule has 0 aromatic heterocycles. The fourth-order valence-corrected chi connectivity index (χ4v) is 1.98. The molecule has 4 nitrogen and oxygen atoms in total. The van der Waals surface area contributed by atoms with E-state index in [9.17, 15) is 0 Å². The molecule has 1 aromatic rings. The van der Waals surface area contributed by atoms with Crippen LogP contribution >= 0.6 is 24.0 Å². The molecule has 0 aliphatic carbocycles. The third-order valence-corrected chi connectivity index (χ3v) is 3.04. The van der Waals surface area contributed by atoms with Gasteiger partial charge in [0.1, 0.15) is 0 Å². The second-order valence-electron chi connectivity index (χ2n) is 4.22. The largest absolute Gasteiger partial charge is 0.364 e. The summed E-state index contributed by atoms with van der Waals surface area (Å²) in [7, 11) is 3.63. The van der Waals surface area contributed by atoms with Gasteiger partial charge in [0.15, 0.2) is 5.96 Å². The first-order chi connectivity index (χ1) is 8.83. The van der Waals surface area contributed by atoms with Gasteiger partial charge in [-0.15, -0.1) is 24.0 Å². The number of hydrogen-bond acceptors (Lipinski definition) is 2. The van der Waals surface area contributed by atoms with Crippen LogP contribution in [0.5, 0.6) is 0 Å². The molecule has 19 heavy (non-hydrogen) atoms. The molecule has 0 saturated carbocycles. The van der Waals surface area contributed by atoms with Gasteiger partial charge in [0.2, 0.25) is 0 Å². The summed E-state index contributed by atoms with van der Waals surface area (Å²) in [5, 5.41) is 6.24. The molecule has 1 aliphatic rings. The van der Waals surface area contributed by atoms with Crippen molar-refractivity contribution in [3.05, 3.63) is 42.0 Å². The molecular formula is C14H21IN4. The predicted molar refractivity (Wildman–Crippen MR) is 92.5 cm³/mol. The van der Waals surface area contributed by atoms with E-state index in [-0.39, 0.29) is 24.0 Å². The molecule has 0 atom stereocenters. The van der Waals surface area contributed by atoms with E-state index in [1.165, 1.54) is 11.3 Å². The van der Waals surface area contributed by atoms with Crippen LogP contribution < -0.4 is 15.5 Å². The second kappa shape index (κ2) is 8.04. The lowest BCUT2D eigenvalue weighted by Gasteiger charge is -2.18. The zero-order valence-electron chi connectivity index (χ0n) is 11.4. The van der Waals surface area contributed by atoms with Crippen LogP contribution in [0.2, 0.25) is 0 Å². The van der Waals surface area contributed by atoms with E-state index in [4.69, 9.17) is 0 Å². The molecular weight excluding hydrogens is 351 g/mol.